The van der Waals surface area contributed by atoms with E-state index in [-0.39, 0.29) is 16.7 Å². The number of rotatable bonds is 6. The fourth-order valence-corrected chi connectivity index (χ4v) is 5.40. The highest BCUT2D eigenvalue weighted by Crippen LogP contribution is 2.44. The van der Waals surface area contributed by atoms with E-state index < -0.39 is 46.3 Å². The molecule has 10 heteroatoms. The van der Waals surface area contributed by atoms with Gasteiger partial charge in [0, 0.05) is 23.4 Å². The number of hydrogen-bond acceptors (Lipinski definition) is 6. The Kier molecular flexibility index (Phi) is 8.12. The van der Waals surface area contributed by atoms with Crippen LogP contribution in [-0.4, -0.2) is 45.0 Å². The van der Waals surface area contributed by atoms with Gasteiger partial charge in [-0.3, -0.25) is 14.3 Å². The van der Waals surface area contributed by atoms with E-state index in [0.717, 1.165) is 0 Å². The van der Waals surface area contributed by atoms with E-state index in [4.69, 9.17) is 13.6 Å². The maximum atomic E-state index is 12.8. The summed E-state index contributed by atoms with van der Waals surface area (Å²) in [5.74, 6) is 0. The molecule has 0 aromatic carbocycles. The van der Waals surface area contributed by atoms with Crippen molar-refractivity contribution < 1.29 is 13.6 Å². The average Bonchev–Trinajstić information content (AvgIpc) is 2.98. The van der Waals surface area contributed by atoms with Crippen LogP contribution in [0.25, 0.3) is 0 Å². The number of nitriles is 1. The summed E-state index contributed by atoms with van der Waals surface area (Å²) >= 11 is 0. The van der Waals surface area contributed by atoms with Crippen molar-refractivity contribution in [3.05, 3.63) is 44.2 Å². The van der Waals surface area contributed by atoms with Gasteiger partial charge >= 0.3 is 5.69 Å². The summed E-state index contributed by atoms with van der Waals surface area (Å²) in [4.78, 5) is 27.1. The van der Waals surface area contributed by atoms with E-state index in [9.17, 15) is 14.9 Å². The molecular weight excluding hydrogens is 466 g/mol. The molecule has 1 aromatic rings. The summed E-state index contributed by atoms with van der Waals surface area (Å²) in [7, 11) is -4.42. The molecular formula is C24H41N3O5Si2. The van der Waals surface area contributed by atoms with Gasteiger partial charge in [0.2, 0.25) is 0 Å². The van der Waals surface area contributed by atoms with Crippen LogP contribution in [0.5, 0.6) is 0 Å². The lowest BCUT2D eigenvalue weighted by atomic mass is 10.1. The molecule has 190 valence electrons. The van der Waals surface area contributed by atoms with Crippen LogP contribution in [0.4, 0.5) is 0 Å². The number of aromatic amines is 1. The normalized spacial score (nSPS) is 23.4. The Hall–Kier alpha value is -1.78. The van der Waals surface area contributed by atoms with Crippen LogP contribution in [-0.2, 0) is 13.6 Å². The third-order valence-corrected chi connectivity index (χ3v) is 16.5. The topological polar surface area (TPSA) is 106 Å². The van der Waals surface area contributed by atoms with Crippen molar-refractivity contribution in [1.82, 2.24) is 9.55 Å². The zero-order valence-electron chi connectivity index (χ0n) is 22.5. The largest absolute Gasteiger partial charge is 0.414 e. The second-order valence-corrected chi connectivity index (χ2v) is 21.7. The standard InChI is InChI=1S/C24H41N3O5Si2/c1-16-14-27(22(29)26-20(16)28)21-19(32-34(10,11)24(5,6)7)17(12-13-25)18(31-21)15-30-33(8,9)23(2,3)4/h12,14,18-19,21H,15H2,1-11H3,(H,26,28,29)/b17-12+/t18-,19-,21-/m1/s1. The second-order valence-electron chi connectivity index (χ2n) is 12.1. The minimum Gasteiger partial charge on any atom is -0.414 e. The summed E-state index contributed by atoms with van der Waals surface area (Å²) < 4.78 is 20.9. The van der Waals surface area contributed by atoms with Crippen molar-refractivity contribution in [2.75, 3.05) is 6.61 Å². The first-order valence-electron chi connectivity index (χ1n) is 11.7. The van der Waals surface area contributed by atoms with Crippen LogP contribution in [0.3, 0.4) is 0 Å². The number of H-pyrrole nitrogens is 1. The molecule has 0 spiro atoms. The first-order chi connectivity index (χ1) is 15.3. The highest BCUT2D eigenvalue weighted by molar-refractivity contribution is 6.74. The molecule has 0 unspecified atom stereocenters. The zero-order valence-corrected chi connectivity index (χ0v) is 24.5. The summed E-state index contributed by atoms with van der Waals surface area (Å²) in [6, 6.07) is 2.13. The maximum absolute atomic E-state index is 12.8. The van der Waals surface area contributed by atoms with Crippen molar-refractivity contribution >= 4 is 16.6 Å². The van der Waals surface area contributed by atoms with Crippen molar-refractivity contribution in [2.24, 2.45) is 0 Å². The molecule has 3 atom stereocenters. The minimum absolute atomic E-state index is 0.00806. The number of nitrogens with one attached hydrogen (secondary N) is 1. The molecule has 0 saturated carbocycles. The number of nitrogens with zero attached hydrogens (tertiary/aromatic N) is 2. The molecule has 1 saturated heterocycles. The first-order valence-corrected chi connectivity index (χ1v) is 17.5. The van der Waals surface area contributed by atoms with Gasteiger partial charge in [-0.25, -0.2) is 4.79 Å². The van der Waals surface area contributed by atoms with E-state index in [1.54, 1.807) is 6.92 Å². The summed E-state index contributed by atoms with van der Waals surface area (Å²) in [5, 5.41) is 9.50. The SMILES string of the molecule is Cc1cn([C@@H]2O[C@H](CO[Si](C)(C)C(C)(C)C)/C(=C\C#N)[C@H]2O[Si](C)(C)C(C)(C)C)c(=O)[nH]c1=O. The molecule has 1 aromatic heterocycles. The van der Waals surface area contributed by atoms with Crippen LogP contribution in [0.1, 0.15) is 53.3 Å². The smallest absolute Gasteiger partial charge is 0.330 e. The number of aryl methyl sites for hydroxylation is 1. The van der Waals surface area contributed by atoms with Crippen LogP contribution < -0.4 is 11.2 Å². The van der Waals surface area contributed by atoms with E-state index in [0.29, 0.717) is 11.1 Å². The molecule has 1 aliphatic heterocycles. The summed E-state index contributed by atoms with van der Waals surface area (Å²) in [5.41, 5.74) is 0.0336. The van der Waals surface area contributed by atoms with Crippen molar-refractivity contribution in [3.8, 4) is 6.07 Å². The fraction of sp³-hybridized carbons (Fsp3) is 0.708. The van der Waals surface area contributed by atoms with Crippen molar-refractivity contribution in [3.63, 3.8) is 0 Å². The Morgan fingerprint density at radius 1 is 1.12 bits per heavy atom. The second kappa shape index (κ2) is 9.70. The monoisotopic (exact) mass is 507 g/mol. The number of allylic oxidation sites excluding steroid dienone is 1. The van der Waals surface area contributed by atoms with Gasteiger partial charge in [-0.15, -0.1) is 0 Å². The predicted molar refractivity (Wildman–Crippen MR) is 139 cm³/mol. The number of hydrogen-bond donors (Lipinski definition) is 1. The molecule has 2 heterocycles. The Labute approximate surface area is 205 Å². The third kappa shape index (κ3) is 5.89. The van der Waals surface area contributed by atoms with Crippen LogP contribution in [0, 0.1) is 18.3 Å². The molecule has 1 fully saturated rings. The lowest BCUT2D eigenvalue weighted by Crippen LogP contribution is -2.47. The van der Waals surface area contributed by atoms with E-state index in [1.165, 1.54) is 16.8 Å². The first kappa shape index (κ1) is 28.5. The Balaban J connectivity index is 2.57. The van der Waals surface area contributed by atoms with Gasteiger partial charge < -0.3 is 13.6 Å². The Bertz CT molecular complexity index is 1080. The lowest BCUT2D eigenvalue weighted by molar-refractivity contribution is -0.0484. The van der Waals surface area contributed by atoms with E-state index in [1.807, 2.05) is 0 Å². The zero-order chi connectivity index (χ0) is 26.3. The van der Waals surface area contributed by atoms with Gasteiger partial charge in [0.15, 0.2) is 22.9 Å². The fourth-order valence-electron chi connectivity index (χ4n) is 3.16. The van der Waals surface area contributed by atoms with E-state index in [2.05, 4.69) is 78.8 Å². The molecule has 1 N–H and O–H groups in total. The van der Waals surface area contributed by atoms with Crippen LogP contribution >= 0.6 is 0 Å². The Morgan fingerprint density at radius 3 is 2.18 bits per heavy atom. The molecule has 0 amide bonds. The predicted octanol–water partition coefficient (Wildman–Crippen LogP) is 4.60. The minimum atomic E-state index is -2.33. The molecule has 1 aliphatic rings. The van der Waals surface area contributed by atoms with Crippen molar-refractivity contribution in [1.29, 1.82) is 5.26 Å². The van der Waals surface area contributed by atoms with Gasteiger partial charge in [0.05, 0.1) is 12.7 Å². The number of aromatic nitrogens is 2. The molecule has 2 rings (SSSR count). The highest BCUT2D eigenvalue weighted by atomic mass is 28.4. The molecule has 8 nitrogen and oxygen atoms in total. The van der Waals surface area contributed by atoms with Gasteiger partial charge in [0.25, 0.3) is 5.56 Å². The van der Waals surface area contributed by atoms with E-state index >= 15 is 0 Å². The number of ether oxygens (including phenoxy) is 1. The van der Waals surface area contributed by atoms with Gasteiger partial charge in [-0.1, -0.05) is 41.5 Å². The van der Waals surface area contributed by atoms with Crippen LogP contribution in [0.15, 0.2) is 27.4 Å². The lowest BCUT2D eigenvalue weighted by Gasteiger charge is -2.39. The molecule has 0 aliphatic carbocycles. The molecule has 34 heavy (non-hydrogen) atoms. The highest BCUT2D eigenvalue weighted by Gasteiger charge is 2.49. The van der Waals surface area contributed by atoms with Crippen molar-refractivity contribution in [2.45, 2.75) is 103 Å². The third-order valence-electron chi connectivity index (χ3n) is 7.54. The average molecular weight is 508 g/mol. The van der Waals surface area contributed by atoms with Crippen LogP contribution in [0.2, 0.25) is 36.3 Å². The molecule has 0 radical (unpaired) electrons. The van der Waals surface area contributed by atoms with Gasteiger partial charge in [-0.2, -0.15) is 5.26 Å². The van der Waals surface area contributed by atoms with Gasteiger partial charge in [0.1, 0.15) is 12.2 Å². The molecule has 0 bridgehead atoms. The summed E-state index contributed by atoms with van der Waals surface area (Å²) in [6.07, 6.45) is 0.921. The quantitative estimate of drug-likeness (QED) is 0.445. The Morgan fingerprint density at radius 2 is 1.68 bits per heavy atom. The van der Waals surface area contributed by atoms with Gasteiger partial charge in [-0.05, 0) is 43.2 Å². The summed E-state index contributed by atoms with van der Waals surface area (Å²) in [6.45, 7) is 23.3. The maximum Gasteiger partial charge on any atom is 0.330 e.